The smallest absolute Gasteiger partial charge is 0.243 e. The van der Waals surface area contributed by atoms with Gasteiger partial charge in [-0.05, 0) is 11.6 Å². The normalized spacial score (nSPS) is 11.4. The summed E-state index contributed by atoms with van der Waals surface area (Å²) in [6.07, 6.45) is 2.67. The van der Waals surface area contributed by atoms with Gasteiger partial charge in [0.2, 0.25) is 10.0 Å². The van der Waals surface area contributed by atoms with E-state index in [2.05, 4.69) is 9.71 Å². The summed E-state index contributed by atoms with van der Waals surface area (Å²) < 4.78 is 26.5. The van der Waals surface area contributed by atoms with Gasteiger partial charge in [0, 0.05) is 18.9 Å². The molecule has 0 bridgehead atoms. The number of nitrogens with one attached hydrogen (secondary N) is 1. The number of hydrogen-bond donors (Lipinski definition) is 1. The van der Waals surface area contributed by atoms with Crippen LogP contribution in [0.4, 0.5) is 0 Å². The first-order chi connectivity index (χ1) is 8.59. The van der Waals surface area contributed by atoms with E-state index in [1.807, 2.05) is 30.3 Å². The van der Waals surface area contributed by atoms with Crippen molar-refractivity contribution in [3.63, 3.8) is 0 Å². The molecule has 94 valence electrons. The first kappa shape index (κ1) is 13.0. The molecule has 0 aliphatic rings. The number of sulfonamides is 1. The maximum atomic E-state index is 12.0. The fourth-order valence-electron chi connectivity index (χ4n) is 1.41. The summed E-state index contributed by atoms with van der Waals surface area (Å²) in [4.78, 5) is 3.75. The Hall–Kier alpha value is -1.43. The Balaban J connectivity index is 2.16. The Morgan fingerprint density at radius 1 is 1.17 bits per heavy atom. The molecule has 1 heterocycles. The van der Waals surface area contributed by atoms with E-state index >= 15 is 0 Å². The third kappa shape index (κ3) is 3.07. The first-order valence-electron chi connectivity index (χ1n) is 5.23. The number of halogens is 1. The molecule has 6 heteroatoms. The van der Waals surface area contributed by atoms with Crippen molar-refractivity contribution in [3.8, 4) is 0 Å². The van der Waals surface area contributed by atoms with Crippen LogP contribution in [0.2, 0.25) is 5.02 Å². The second-order valence-electron chi connectivity index (χ2n) is 3.62. The highest BCUT2D eigenvalue weighted by Gasteiger charge is 2.17. The molecule has 0 spiro atoms. The SMILES string of the molecule is O=S(=O)(NCc1ccccc1)c1cnccc1Cl. The lowest BCUT2D eigenvalue weighted by Crippen LogP contribution is -2.23. The number of pyridine rings is 1. The average Bonchev–Trinajstić information content (AvgIpc) is 2.38. The highest BCUT2D eigenvalue weighted by Crippen LogP contribution is 2.19. The Bertz CT molecular complexity index is 630. The Labute approximate surface area is 111 Å². The van der Waals surface area contributed by atoms with Gasteiger partial charge in [0.15, 0.2) is 0 Å². The molecule has 0 unspecified atom stereocenters. The van der Waals surface area contributed by atoms with Gasteiger partial charge in [0.05, 0.1) is 5.02 Å². The van der Waals surface area contributed by atoms with E-state index < -0.39 is 10.0 Å². The van der Waals surface area contributed by atoms with Crippen LogP contribution in [0.15, 0.2) is 53.7 Å². The molecule has 4 nitrogen and oxygen atoms in total. The second kappa shape index (κ2) is 5.48. The number of aromatic nitrogens is 1. The van der Waals surface area contributed by atoms with Crippen molar-refractivity contribution in [2.24, 2.45) is 0 Å². The molecule has 18 heavy (non-hydrogen) atoms. The van der Waals surface area contributed by atoms with Gasteiger partial charge in [-0.2, -0.15) is 0 Å². The van der Waals surface area contributed by atoms with Crippen molar-refractivity contribution < 1.29 is 8.42 Å². The van der Waals surface area contributed by atoms with Crippen LogP contribution >= 0.6 is 11.6 Å². The maximum Gasteiger partial charge on any atom is 0.243 e. The van der Waals surface area contributed by atoms with Crippen molar-refractivity contribution in [1.29, 1.82) is 0 Å². The second-order valence-corrected chi connectivity index (χ2v) is 5.76. The standard InChI is InChI=1S/C12H11ClN2O2S/c13-11-6-7-14-9-12(11)18(16,17)15-8-10-4-2-1-3-5-10/h1-7,9,15H,8H2. The van der Waals surface area contributed by atoms with E-state index in [1.165, 1.54) is 18.5 Å². The average molecular weight is 283 g/mol. The summed E-state index contributed by atoms with van der Waals surface area (Å²) in [6.45, 7) is 0.217. The van der Waals surface area contributed by atoms with E-state index in [0.717, 1.165) is 5.56 Å². The zero-order chi connectivity index (χ0) is 13.0. The highest BCUT2D eigenvalue weighted by atomic mass is 35.5. The van der Waals surface area contributed by atoms with E-state index in [9.17, 15) is 8.42 Å². The van der Waals surface area contributed by atoms with Gasteiger partial charge in [0.25, 0.3) is 0 Å². The molecule has 0 aliphatic carbocycles. The minimum Gasteiger partial charge on any atom is -0.263 e. The van der Waals surface area contributed by atoms with E-state index in [1.54, 1.807) is 0 Å². The molecular formula is C12H11ClN2O2S. The molecule has 0 saturated heterocycles. The van der Waals surface area contributed by atoms with E-state index in [-0.39, 0.29) is 16.5 Å². The van der Waals surface area contributed by atoms with Crippen LogP contribution < -0.4 is 4.72 Å². The van der Waals surface area contributed by atoms with Gasteiger partial charge in [-0.1, -0.05) is 41.9 Å². The topological polar surface area (TPSA) is 59.1 Å². The molecule has 2 rings (SSSR count). The number of rotatable bonds is 4. The van der Waals surface area contributed by atoms with Crippen LogP contribution in [0.25, 0.3) is 0 Å². The summed E-state index contributed by atoms with van der Waals surface area (Å²) in [5.74, 6) is 0. The molecule has 1 aromatic carbocycles. The van der Waals surface area contributed by atoms with Crippen molar-refractivity contribution in [2.45, 2.75) is 11.4 Å². The van der Waals surface area contributed by atoms with Crippen LogP contribution in [0.3, 0.4) is 0 Å². The largest absolute Gasteiger partial charge is 0.263 e. The predicted octanol–water partition coefficient (Wildman–Crippen LogP) is 2.21. The van der Waals surface area contributed by atoms with Gasteiger partial charge in [-0.15, -0.1) is 0 Å². The molecule has 1 aromatic heterocycles. The van der Waals surface area contributed by atoms with Gasteiger partial charge in [0.1, 0.15) is 4.90 Å². The molecule has 1 N–H and O–H groups in total. The van der Waals surface area contributed by atoms with Gasteiger partial charge < -0.3 is 0 Å². The lowest BCUT2D eigenvalue weighted by Gasteiger charge is -2.07. The van der Waals surface area contributed by atoms with Crippen LogP contribution in [0.5, 0.6) is 0 Å². The summed E-state index contributed by atoms with van der Waals surface area (Å²) in [7, 11) is -3.63. The lowest BCUT2D eigenvalue weighted by molar-refractivity contribution is 0.581. The Kier molecular flexibility index (Phi) is 3.96. The van der Waals surface area contributed by atoms with Crippen molar-refractivity contribution >= 4 is 21.6 Å². The van der Waals surface area contributed by atoms with E-state index in [0.29, 0.717) is 0 Å². The minimum absolute atomic E-state index is 0.0115. The molecule has 0 aliphatic heterocycles. The summed E-state index contributed by atoms with van der Waals surface area (Å²) in [5.41, 5.74) is 0.876. The Morgan fingerprint density at radius 2 is 1.89 bits per heavy atom. The molecular weight excluding hydrogens is 272 g/mol. The van der Waals surface area contributed by atoms with Gasteiger partial charge in [-0.3, -0.25) is 4.98 Å². The van der Waals surface area contributed by atoms with Crippen molar-refractivity contribution in [2.75, 3.05) is 0 Å². The fourth-order valence-corrected chi connectivity index (χ4v) is 2.86. The molecule has 0 radical (unpaired) electrons. The zero-order valence-electron chi connectivity index (χ0n) is 9.38. The number of nitrogens with zero attached hydrogens (tertiary/aromatic N) is 1. The molecule has 2 aromatic rings. The number of hydrogen-bond acceptors (Lipinski definition) is 3. The molecule has 0 atom stereocenters. The van der Waals surface area contributed by atoms with Crippen LogP contribution in [0.1, 0.15) is 5.56 Å². The Morgan fingerprint density at radius 3 is 2.56 bits per heavy atom. The van der Waals surface area contributed by atoms with Crippen molar-refractivity contribution in [3.05, 3.63) is 59.4 Å². The van der Waals surface area contributed by atoms with Crippen LogP contribution in [-0.2, 0) is 16.6 Å². The third-order valence-corrected chi connectivity index (χ3v) is 4.20. The van der Waals surface area contributed by atoms with Gasteiger partial charge in [-0.25, -0.2) is 13.1 Å². The fraction of sp³-hybridized carbons (Fsp3) is 0.0833. The van der Waals surface area contributed by atoms with Crippen molar-refractivity contribution in [1.82, 2.24) is 9.71 Å². The summed E-state index contributed by atoms with van der Waals surface area (Å²) >= 11 is 5.83. The zero-order valence-corrected chi connectivity index (χ0v) is 10.9. The van der Waals surface area contributed by atoms with E-state index in [4.69, 9.17) is 11.6 Å². The first-order valence-corrected chi connectivity index (χ1v) is 7.09. The minimum atomic E-state index is -3.63. The van der Waals surface area contributed by atoms with Crippen LogP contribution in [0, 0.1) is 0 Å². The third-order valence-electron chi connectivity index (χ3n) is 2.33. The monoisotopic (exact) mass is 282 g/mol. The number of benzene rings is 1. The summed E-state index contributed by atoms with van der Waals surface area (Å²) in [6, 6.07) is 10.7. The van der Waals surface area contributed by atoms with Gasteiger partial charge >= 0.3 is 0 Å². The molecule has 0 saturated carbocycles. The molecule has 0 amide bonds. The molecule has 0 fully saturated rings. The lowest BCUT2D eigenvalue weighted by atomic mass is 10.2. The summed E-state index contributed by atoms with van der Waals surface area (Å²) in [5, 5.41) is 0.158. The van der Waals surface area contributed by atoms with Crippen LogP contribution in [-0.4, -0.2) is 13.4 Å². The quantitative estimate of drug-likeness (QED) is 0.935. The maximum absolute atomic E-state index is 12.0. The predicted molar refractivity (Wildman–Crippen MR) is 69.7 cm³/mol. The highest BCUT2D eigenvalue weighted by molar-refractivity contribution is 7.89.